The second kappa shape index (κ2) is 6.70. The van der Waals surface area contributed by atoms with Crippen molar-refractivity contribution in [2.45, 2.75) is 58.0 Å². The van der Waals surface area contributed by atoms with E-state index >= 15 is 0 Å². The Hall–Kier alpha value is -0.900. The fourth-order valence-electron chi connectivity index (χ4n) is 3.35. The molecule has 1 aromatic rings. The maximum Gasteiger partial charge on any atom is 0.0638 e. The molecule has 0 aromatic heterocycles. The molecule has 1 saturated heterocycles. The van der Waals surface area contributed by atoms with Crippen molar-refractivity contribution in [3.63, 3.8) is 0 Å². The Morgan fingerprint density at radius 3 is 2.55 bits per heavy atom. The molecular formula is C17H29N3. The SMILES string of the molecule is CCc1cccc(C(NN)C(C)(C)N2CCCCC2)c1. The van der Waals surface area contributed by atoms with Crippen molar-refractivity contribution in [2.24, 2.45) is 5.84 Å². The molecular weight excluding hydrogens is 246 g/mol. The lowest BCUT2D eigenvalue weighted by atomic mass is 9.85. The van der Waals surface area contributed by atoms with E-state index in [-0.39, 0.29) is 11.6 Å². The Balaban J connectivity index is 2.24. The maximum absolute atomic E-state index is 5.91. The highest BCUT2D eigenvalue weighted by atomic mass is 15.3. The number of nitrogens with zero attached hydrogens (tertiary/aromatic N) is 1. The minimum absolute atomic E-state index is 0.0293. The normalized spacial score (nSPS) is 19.0. The third-order valence-corrected chi connectivity index (χ3v) is 4.74. The minimum atomic E-state index is 0.0293. The molecule has 112 valence electrons. The summed E-state index contributed by atoms with van der Waals surface area (Å²) in [5.74, 6) is 5.91. The van der Waals surface area contributed by atoms with Gasteiger partial charge in [-0.05, 0) is 57.3 Å². The van der Waals surface area contributed by atoms with Crippen LogP contribution in [0.4, 0.5) is 0 Å². The third kappa shape index (κ3) is 3.22. The van der Waals surface area contributed by atoms with Gasteiger partial charge in [0.1, 0.15) is 0 Å². The van der Waals surface area contributed by atoms with Crippen LogP contribution in [0.2, 0.25) is 0 Å². The van der Waals surface area contributed by atoms with E-state index in [0.717, 1.165) is 6.42 Å². The van der Waals surface area contributed by atoms with Crippen LogP contribution in [0.3, 0.4) is 0 Å². The van der Waals surface area contributed by atoms with E-state index in [1.54, 1.807) is 0 Å². The molecule has 1 fully saturated rings. The average molecular weight is 275 g/mol. The molecule has 1 aliphatic rings. The van der Waals surface area contributed by atoms with Gasteiger partial charge in [0.2, 0.25) is 0 Å². The topological polar surface area (TPSA) is 41.3 Å². The van der Waals surface area contributed by atoms with E-state index < -0.39 is 0 Å². The van der Waals surface area contributed by atoms with Crippen molar-refractivity contribution in [1.29, 1.82) is 0 Å². The summed E-state index contributed by atoms with van der Waals surface area (Å²) < 4.78 is 0. The number of nitrogens with one attached hydrogen (secondary N) is 1. The molecule has 1 unspecified atom stereocenters. The van der Waals surface area contributed by atoms with Gasteiger partial charge in [-0.25, -0.2) is 0 Å². The van der Waals surface area contributed by atoms with Crippen LogP contribution in [-0.2, 0) is 6.42 Å². The van der Waals surface area contributed by atoms with Gasteiger partial charge in [0.25, 0.3) is 0 Å². The summed E-state index contributed by atoms with van der Waals surface area (Å²) in [6.07, 6.45) is 5.03. The van der Waals surface area contributed by atoms with Gasteiger partial charge in [0.15, 0.2) is 0 Å². The lowest BCUT2D eigenvalue weighted by Crippen LogP contribution is -2.55. The van der Waals surface area contributed by atoms with Gasteiger partial charge in [-0.1, -0.05) is 37.6 Å². The summed E-state index contributed by atoms with van der Waals surface area (Å²) in [6.45, 7) is 9.17. The van der Waals surface area contributed by atoms with Gasteiger partial charge in [0.05, 0.1) is 6.04 Å². The van der Waals surface area contributed by atoms with E-state index in [1.807, 2.05) is 0 Å². The van der Waals surface area contributed by atoms with E-state index in [4.69, 9.17) is 5.84 Å². The van der Waals surface area contributed by atoms with Crippen molar-refractivity contribution >= 4 is 0 Å². The molecule has 1 heterocycles. The predicted octanol–water partition coefficient (Wildman–Crippen LogP) is 3.02. The van der Waals surface area contributed by atoms with Gasteiger partial charge < -0.3 is 0 Å². The molecule has 0 amide bonds. The van der Waals surface area contributed by atoms with Gasteiger partial charge in [-0.3, -0.25) is 16.2 Å². The number of aryl methyl sites for hydroxylation is 1. The molecule has 0 radical (unpaired) electrons. The molecule has 0 saturated carbocycles. The number of hydrogen-bond acceptors (Lipinski definition) is 3. The lowest BCUT2D eigenvalue weighted by Gasteiger charge is -2.46. The standard InChI is InChI=1S/C17H29N3/c1-4-14-9-8-10-15(13-14)16(19-18)17(2,3)20-11-6-5-7-12-20/h8-10,13,16,19H,4-7,11-12,18H2,1-3H3. The Bertz CT molecular complexity index is 422. The van der Waals surface area contributed by atoms with Crippen LogP contribution in [-0.4, -0.2) is 23.5 Å². The zero-order valence-corrected chi connectivity index (χ0v) is 13.2. The second-order valence-electron chi connectivity index (χ2n) is 6.40. The quantitative estimate of drug-likeness (QED) is 0.641. The summed E-state index contributed by atoms with van der Waals surface area (Å²) in [6, 6.07) is 8.97. The molecule has 0 spiro atoms. The first-order valence-electron chi connectivity index (χ1n) is 7.89. The molecule has 1 aromatic carbocycles. The number of hydrazine groups is 1. The fraction of sp³-hybridized carbons (Fsp3) is 0.647. The summed E-state index contributed by atoms with van der Waals surface area (Å²) in [5, 5.41) is 0. The number of hydrogen-bond donors (Lipinski definition) is 2. The first-order chi connectivity index (χ1) is 9.59. The zero-order valence-electron chi connectivity index (χ0n) is 13.2. The van der Waals surface area contributed by atoms with Gasteiger partial charge in [0, 0.05) is 5.54 Å². The summed E-state index contributed by atoms with van der Waals surface area (Å²) in [7, 11) is 0. The molecule has 1 aliphatic heterocycles. The van der Waals surface area contributed by atoms with Gasteiger partial charge in [-0.2, -0.15) is 0 Å². The number of piperidine rings is 1. The summed E-state index contributed by atoms with van der Waals surface area (Å²) in [5.41, 5.74) is 5.76. The van der Waals surface area contributed by atoms with Gasteiger partial charge in [-0.15, -0.1) is 0 Å². The van der Waals surface area contributed by atoms with E-state index in [2.05, 4.69) is 55.4 Å². The van der Waals surface area contributed by atoms with Crippen LogP contribution in [0.5, 0.6) is 0 Å². The first kappa shape index (κ1) is 15.5. The van der Waals surface area contributed by atoms with Crippen molar-refractivity contribution in [2.75, 3.05) is 13.1 Å². The van der Waals surface area contributed by atoms with Crippen LogP contribution in [0.25, 0.3) is 0 Å². The Labute approximate surface area is 123 Å². The number of likely N-dealkylation sites (tertiary alicyclic amines) is 1. The number of rotatable bonds is 5. The van der Waals surface area contributed by atoms with Crippen molar-refractivity contribution in [1.82, 2.24) is 10.3 Å². The number of benzene rings is 1. The van der Waals surface area contributed by atoms with E-state index in [0.29, 0.717) is 0 Å². The van der Waals surface area contributed by atoms with Crippen molar-refractivity contribution in [3.8, 4) is 0 Å². The fourth-order valence-corrected chi connectivity index (χ4v) is 3.35. The lowest BCUT2D eigenvalue weighted by molar-refractivity contribution is 0.0608. The van der Waals surface area contributed by atoms with Crippen LogP contribution in [0, 0.1) is 0 Å². The molecule has 3 nitrogen and oxygen atoms in total. The molecule has 0 aliphatic carbocycles. The Morgan fingerprint density at radius 2 is 1.95 bits per heavy atom. The molecule has 3 N–H and O–H groups in total. The van der Waals surface area contributed by atoms with Crippen LogP contribution in [0.1, 0.15) is 57.2 Å². The largest absolute Gasteiger partial charge is 0.296 e. The average Bonchev–Trinajstić information content (AvgIpc) is 2.49. The zero-order chi connectivity index (χ0) is 14.6. The third-order valence-electron chi connectivity index (χ3n) is 4.74. The highest BCUT2D eigenvalue weighted by molar-refractivity contribution is 5.28. The highest BCUT2D eigenvalue weighted by Crippen LogP contribution is 2.33. The Morgan fingerprint density at radius 1 is 1.25 bits per heavy atom. The van der Waals surface area contributed by atoms with E-state index in [1.165, 1.54) is 43.5 Å². The maximum atomic E-state index is 5.91. The number of nitrogens with two attached hydrogens (primary N) is 1. The Kier molecular flexibility index (Phi) is 5.19. The smallest absolute Gasteiger partial charge is 0.0638 e. The van der Waals surface area contributed by atoms with Crippen molar-refractivity contribution in [3.05, 3.63) is 35.4 Å². The van der Waals surface area contributed by atoms with Crippen LogP contribution < -0.4 is 11.3 Å². The highest BCUT2D eigenvalue weighted by Gasteiger charge is 2.36. The molecule has 20 heavy (non-hydrogen) atoms. The molecule has 2 rings (SSSR count). The summed E-state index contributed by atoms with van der Waals surface area (Å²) in [4.78, 5) is 2.58. The van der Waals surface area contributed by atoms with E-state index in [9.17, 15) is 0 Å². The van der Waals surface area contributed by atoms with Gasteiger partial charge >= 0.3 is 0 Å². The predicted molar refractivity (Wildman–Crippen MR) is 85.4 cm³/mol. The van der Waals surface area contributed by atoms with Crippen LogP contribution in [0.15, 0.2) is 24.3 Å². The molecule has 3 heteroatoms. The summed E-state index contributed by atoms with van der Waals surface area (Å²) >= 11 is 0. The second-order valence-corrected chi connectivity index (χ2v) is 6.40. The van der Waals surface area contributed by atoms with Crippen molar-refractivity contribution < 1.29 is 0 Å². The minimum Gasteiger partial charge on any atom is -0.296 e. The molecule has 0 bridgehead atoms. The molecule has 1 atom stereocenters. The monoisotopic (exact) mass is 275 g/mol. The first-order valence-corrected chi connectivity index (χ1v) is 7.89. The van der Waals surface area contributed by atoms with Crippen LogP contribution >= 0.6 is 0 Å².